The standard InChI is InChI=1S/C13H15FN2O/c1-3-7-16(8-4-2)13(17)10-5-6-12(15)11(14)9-10/h3-6,9H,1-2,7-8,15H2. The highest BCUT2D eigenvalue weighted by atomic mass is 19.1. The molecule has 0 spiro atoms. The van der Waals surface area contributed by atoms with Crippen LogP contribution in [0.5, 0.6) is 0 Å². The van der Waals surface area contributed by atoms with E-state index in [4.69, 9.17) is 5.73 Å². The van der Waals surface area contributed by atoms with Gasteiger partial charge in [0, 0.05) is 18.7 Å². The quantitative estimate of drug-likeness (QED) is 0.627. The van der Waals surface area contributed by atoms with E-state index in [-0.39, 0.29) is 17.2 Å². The molecule has 0 aliphatic heterocycles. The van der Waals surface area contributed by atoms with Crippen LogP contribution in [0.25, 0.3) is 0 Å². The van der Waals surface area contributed by atoms with Crippen molar-refractivity contribution in [3.63, 3.8) is 0 Å². The Morgan fingerprint density at radius 3 is 2.41 bits per heavy atom. The van der Waals surface area contributed by atoms with E-state index in [1.807, 2.05) is 0 Å². The number of rotatable bonds is 5. The van der Waals surface area contributed by atoms with Crippen LogP contribution in [0.3, 0.4) is 0 Å². The largest absolute Gasteiger partial charge is 0.396 e. The van der Waals surface area contributed by atoms with Gasteiger partial charge in [-0.1, -0.05) is 12.2 Å². The predicted molar refractivity (Wildman–Crippen MR) is 67.1 cm³/mol. The van der Waals surface area contributed by atoms with Crippen LogP contribution in [-0.2, 0) is 0 Å². The molecule has 0 saturated carbocycles. The summed E-state index contributed by atoms with van der Waals surface area (Å²) in [5, 5.41) is 0. The maximum atomic E-state index is 13.2. The number of anilines is 1. The molecule has 0 fully saturated rings. The predicted octanol–water partition coefficient (Wildman–Crippen LogP) is 2.22. The number of carbonyl (C=O) groups is 1. The highest BCUT2D eigenvalue weighted by molar-refractivity contribution is 5.94. The smallest absolute Gasteiger partial charge is 0.254 e. The van der Waals surface area contributed by atoms with Gasteiger partial charge in [0.1, 0.15) is 5.82 Å². The van der Waals surface area contributed by atoms with Crippen molar-refractivity contribution in [2.24, 2.45) is 0 Å². The fourth-order valence-electron chi connectivity index (χ4n) is 1.39. The van der Waals surface area contributed by atoms with Gasteiger partial charge in [-0.2, -0.15) is 0 Å². The van der Waals surface area contributed by atoms with Gasteiger partial charge in [0.25, 0.3) is 5.91 Å². The molecule has 3 nitrogen and oxygen atoms in total. The van der Waals surface area contributed by atoms with Gasteiger partial charge in [-0.15, -0.1) is 13.2 Å². The summed E-state index contributed by atoms with van der Waals surface area (Å²) in [7, 11) is 0. The number of nitrogens with two attached hydrogens (primary N) is 1. The van der Waals surface area contributed by atoms with Crippen molar-refractivity contribution in [1.29, 1.82) is 0 Å². The lowest BCUT2D eigenvalue weighted by Gasteiger charge is -2.19. The van der Waals surface area contributed by atoms with Gasteiger partial charge < -0.3 is 10.6 Å². The second kappa shape index (κ2) is 5.84. The SMILES string of the molecule is C=CCN(CC=C)C(=O)c1ccc(N)c(F)c1. The summed E-state index contributed by atoms with van der Waals surface area (Å²) in [6.45, 7) is 7.91. The molecule has 90 valence electrons. The van der Waals surface area contributed by atoms with E-state index in [1.54, 1.807) is 12.2 Å². The third-order valence-electron chi connectivity index (χ3n) is 2.23. The zero-order chi connectivity index (χ0) is 12.8. The highest BCUT2D eigenvalue weighted by Crippen LogP contribution is 2.13. The van der Waals surface area contributed by atoms with Crippen molar-refractivity contribution in [3.05, 3.63) is 54.9 Å². The Balaban J connectivity index is 2.95. The van der Waals surface area contributed by atoms with Gasteiger partial charge in [0.05, 0.1) is 5.69 Å². The topological polar surface area (TPSA) is 46.3 Å². The summed E-state index contributed by atoms with van der Waals surface area (Å²) >= 11 is 0. The molecule has 1 aromatic rings. The average Bonchev–Trinajstić information content (AvgIpc) is 2.31. The molecular formula is C13H15FN2O. The number of hydrogen-bond donors (Lipinski definition) is 1. The fraction of sp³-hybridized carbons (Fsp3) is 0.154. The van der Waals surface area contributed by atoms with Gasteiger partial charge in [-0.05, 0) is 18.2 Å². The Kier molecular flexibility index (Phi) is 4.46. The molecule has 0 aromatic heterocycles. The number of halogens is 1. The molecule has 1 rings (SSSR count). The molecule has 0 unspecified atom stereocenters. The van der Waals surface area contributed by atoms with Crippen molar-refractivity contribution in [1.82, 2.24) is 4.90 Å². The minimum Gasteiger partial charge on any atom is -0.396 e. The van der Waals surface area contributed by atoms with Crippen LogP contribution in [-0.4, -0.2) is 23.9 Å². The molecule has 0 saturated heterocycles. The molecule has 0 bridgehead atoms. The van der Waals surface area contributed by atoms with Gasteiger partial charge in [0.15, 0.2) is 0 Å². The average molecular weight is 234 g/mol. The van der Waals surface area contributed by atoms with Gasteiger partial charge in [-0.25, -0.2) is 4.39 Å². The van der Waals surface area contributed by atoms with Crippen LogP contribution in [0.2, 0.25) is 0 Å². The summed E-state index contributed by atoms with van der Waals surface area (Å²) in [6, 6.07) is 4.01. The van der Waals surface area contributed by atoms with Gasteiger partial charge in [0.2, 0.25) is 0 Å². The van der Waals surface area contributed by atoms with Crippen LogP contribution >= 0.6 is 0 Å². The zero-order valence-electron chi connectivity index (χ0n) is 9.53. The Hall–Kier alpha value is -2.10. The summed E-state index contributed by atoms with van der Waals surface area (Å²) in [5.74, 6) is -0.864. The lowest BCUT2D eigenvalue weighted by molar-refractivity contribution is 0.0790. The van der Waals surface area contributed by atoms with Crippen molar-refractivity contribution in [3.8, 4) is 0 Å². The second-order valence-corrected chi connectivity index (χ2v) is 3.52. The maximum absolute atomic E-state index is 13.2. The minimum absolute atomic E-state index is 0.0283. The summed E-state index contributed by atoms with van der Waals surface area (Å²) in [4.78, 5) is 13.5. The van der Waals surface area contributed by atoms with Crippen molar-refractivity contribution >= 4 is 11.6 Å². The molecule has 1 aromatic carbocycles. The zero-order valence-corrected chi connectivity index (χ0v) is 9.53. The van der Waals surface area contributed by atoms with Crippen molar-refractivity contribution in [2.75, 3.05) is 18.8 Å². The minimum atomic E-state index is -0.590. The molecule has 0 radical (unpaired) electrons. The van der Waals surface area contributed by atoms with Crippen LogP contribution in [0.4, 0.5) is 10.1 Å². The van der Waals surface area contributed by atoms with Crippen LogP contribution < -0.4 is 5.73 Å². The monoisotopic (exact) mass is 234 g/mol. The summed E-state index contributed by atoms with van der Waals surface area (Å²) in [6.07, 6.45) is 3.21. The molecule has 0 aliphatic carbocycles. The second-order valence-electron chi connectivity index (χ2n) is 3.52. The third-order valence-corrected chi connectivity index (χ3v) is 2.23. The van der Waals surface area contributed by atoms with Crippen molar-refractivity contribution in [2.45, 2.75) is 0 Å². The Morgan fingerprint density at radius 2 is 1.94 bits per heavy atom. The van der Waals surface area contributed by atoms with Crippen LogP contribution in [0.1, 0.15) is 10.4 Å². The van der Waals surface area contributed by atoms with Gasteiger partial charge in [-0.3, -0.25) is 4.79 Å². The Bertz CT molecular complexity index is 433. The highest BCUT2D eigenvalue weighted by Gasteiger charge is 2.14. The molecular weight excluding hydrogens is 219 g/mol. The summed E-state index contributed by atoms with van der Waals surface area (Å²) in [5.41, 5.74) is 5.64. The first kappa shape index (κ1) is 13.0. The normalized spacial score (nSPS) is 9.71. The summed E-state index contributed by atoms with van der Waals surface area (Å²) < 4.78 is 13.2. The van der Waals surface area contributed by atoms with E-state index in [1.165, 1.54) is 17.0 Å². The lowest BCUT2D eigenvalue weighted by atomic mass is 10.1. The first-order chi connectivity index (χ1) is 8.10. The first-order valence-electron chi connectivity index (χ1n) is 5.16. The lowest BCUT2D eigenvalue weighted by Crippen LogP contribution is -2.31. The van der Waals surface area contributed by atoms with Crippen LogP contribution in [0, 0.1) is 5.82 Å². The van der Waals surface area contributed by atoms with E-state index in [2.05, 4.69) is 13.2 Å². The Labute approximate surface area is 100 Å². The number of benzene rings is 1. The number of nitrogens with zero attached hydrogens (tertiary/aromatic N) is 1. The molecule has 0 aliphatic rings. The first-order valence-corrected chi connectivity index (χ1v) is 5.16. The molecule has 4 heteroatoms. The maximum Gasteiger partial charge on any atom is 0.254 e. The number of carbonyl (C=O) groups excluding carboxylic acids is 1. The number of nitrogen functional groups attached to an aromatic ring is 1. The molecule has 1 amide bonds. The van der Waals surface area contributed by atoms with E-state index >= 15 is 0 Å². The van der Waals surface area contributed by atoms with Gasteiger partial charge >= 0.3 is 0 Å². The van der Waals surface area contributed by atoms with E-state index < -0.39 is 5.82 Å². The molecule has 0 atom stereocenters. The van der Waals surface area contributed by atoms with E-state index in [0.717, 1.165) is 6.07 Å². The van der Waals surface area contributed by atoms with Crippen LogP contribution in [0.15, 0.2) is 43.5 Å². The fourth-order valence-corrected chi connectivity index (χ4v) is 1.39. The number of amides is 1. The third kappa shape index (κ3) is 3.17. The van der Waals surface area contributed by atoms with E-state index in [0.29, 0.717) is 13.1 Å². The van der Waals surface area contributed by atoms with Crippen molar-refractivity contribution < 1.29 is 9.18 Å². The number of hydrogen-bond acceptors (Lipinski definition) is 2. The molecule has 2 N–H and O–H groups in total. The molecule has 0 heterocycles. The molecule has 17 heavy (non-hydrogen) atoms. The Morgan fingerprint density at radius 1 is 1.35 bits per heavy atom. The van der Waals surface area contributed by atoms with E-state index in [9.17, 15) is 9.18 Å².